The molecule has 1 atom stereocenters. The van der Waals surface area contributed by atoms with Crippen molar-refractivity contribution in [3.05, 3.63) is 24.3 Å². The highest BCUT2D eigenvalue weighted by Crippen LogP contribution is 2.25. The summed E-state index contributed by atoms with van der Waals surface area (Å²) in [6.07, 6.45) is 2.62. The molecule has 98 valence electrons. The van der Waals surface area contributed by atoms with E-state index in [1.165, 1.54) is 18.5 Å². The topological polar surface area (TPSA) is 41.6 Å². The summed E-state index contributed by atoms with van der Waals surface area (Å²) >= 11 is 5.61. The van der Waals surface area contributed by atoms with Crippen LogP contribution in [0.25, 0.3) is 0 Å². The van der Waals surface area contributed by atoms with Gasteiger partial charge in [-0.15, -0.1) is 11.6 Å². The number of hydrogen-bond acceptors (Lipinski definition) is 2. The number of aliphatic imine (C=N–C) groups is 1. The Balaban J connectivity index is 2.07. The summed E-state index contributed by atoms with van der Waals surface area (Å²) in [5.74, 6) is 1.50. The molecule has 2 N–H and O–H groups in total. The second-order valence-electron chi connectivity index (χ2n) is 4.95. The largest absolute Gasteiger partial charge is 0.386 e. The van der Waals surface area contributed by atoms with E-state index in [-0.39, 0.29) is 5.88 Å². The zero-order valence-corrected chi connectivity index (χ0v) is 11.5. The SMILES string of the molecule is CC1CCCN(c2ccc(N=C(N)CCl)cc2)C1. The molecule has 0 bridgehead atoms. The minimum Gasteiger partial charge on any atom is -0.386 e. The smallest absolute Gasteiger partial charge is 0.115 e. The van der Waals surface area contributed by atoms with Gasteiger partial charge in [-0.3, -0.25) is 0 Å². The summed E-state index contributed by atoms with van der Waals surface area (Å²) in [6.45, 7) is 4.61. The molecule has 1 saturated heterocycles. The van der Waals surface area contributed by atoms with Gasteiger partial charge in [0, 0.05) is 18.8 Å². The molecule has 0 aliphatic carbocycles. The van der Waals surface area contributed by atoms with Crippen LogP contribution < -0.4 is 10.6 Å². The van der Waals surface area contributed by atoms with Crippen LogP contribution in [-0.4, -0.2) is 24.8 Å². The van der Waals surface area contributed by atoms with E-state index in [9.17, 15) is 0 Å². The van der Waals surface area contributed by atoms with E-state index in [0.29, 0.717) is 5.84 Å². The number of amidine groups is 1. The molecule has 2 rings (SSSR count). The van der Waals surface area contributed by atoms with E-state index in [1.54, 1.807) is 0 Å². The number of piperidine rings is 1. The Hall–Kier alpha value is -1.22. The molecule has 0 amide bonds. The van der Waals surface area contributed by atoms with Crippen LogP contribution >= 0.6 is 11.6 Å². The molecular formula is C14H20ClN3. The molecule has 1 heterocycles. The molecule has 1 aromatic rings. The number of nitrogens with zero attached hydrogens (tertiary/aromatic N) is 2. The van der Waals surface area contributed by atoms with Crippen molar-refractivity contribution < 1.29 is 0 Å². The van der Waals surface area contributed by atoms with E-state index in [0.717, 1.165) is 24.7 Å². The van der Waals surface area contributed by atoms with Gasteiger partial charge in [-0.25, -0.2) is 4.99 Å². The second-order valence-corrected chi connectivity index (χ2v) is 5.21. The Morgan fingerprint density at radius 2 is 2.17 bits per heavy atom. The number of hydrogen-bond donors (Lipinski definition) is 1. The van der Waals surface area contributed by atoms with Gasteiger partial charge in [0.25, 0.3) is 0 Å². The average Bonchev–Trinajstić information content (AvgIpc) is 2.39. The molecule has 3 nitrogen and oxygen atoms in total. The van der Waals surface area contributed by atoms with Gasteiger partial charge in [0.1, 0.15) is 5.84 Å². The lowest BCUT2D eigenvalue weighted by Crippen LogP contribution is -2.34. The first-order valence-corrected chi connectivity index (χ1v) is 6.96. The van der Waals surface area contributed by atoms with Crippen LogP contribution in [0.5, 0.6) is 0 Å². The third-order valence-corrected chi connectivity index (χ3v) is 3.56. The number of nitrogens with two attached hydrogens (primary N) is 1. The van der Waals surface area contributed by atoms with Crippen molar-refractivity contribution in [2.24, 2.45) is 16.6 Å². The summed E-state index contributed by atoms with van der Waals surface area (Å²) in [7, 11) is 0. The molecule has 4 heteroatoms. The summed E-state index contributed by atoms with van der Waals surface area (Å²) in [4.78, 5) is 6.66. The van der Waals surface area contributed by atoms with Gasteiger partial charge in [-0.2, -0.15) is 0 Å². The van der Waals surface area contributed by atoms with Gasteiger partial charge in [0.15, 0.2) is 0 Å². The Morgan fingerprint density at radius 3 is 2.78 bits per heavy atom. The third kappa shape index (κ3) is 3.39. The Morgan fingerprint density at radius 1 is 1.44 bits per heavy atom. The van der Waals surface area contributed by atoms with Gasteiger partial charge in [-0.1, -0.05) is 6.92 Å². The fraction of sp³-hybridized carbons (Fsp3) is 0.500. The molecule has 1 aliphatic heterocycles. The lowest BCUT2D eigenvalue weighted by atomic mass is 10.00. The Kier molecular flexibility index (Phi) is 4.48. The lowest BCUT2D eigenvalue weighted by molar-refractivity contribution is 0.447. The summed E-state index contributed by atoms with van der Waals surface area (Å²) in [5.41, 5.74) is 7.74. The Labute approximate surface area is 114 Å². The predicted molar refractivity (Wildman–Crippen MR) is 79.1 cm³/mol. The highest BCUT2D eigenvalue weighted by molar-refractivity contribution is 6.28. The van der Waals surface area contributed by atoms with Gasteiger partial charge in [0.05, 0.1) is 11.6 Å². The quantitative estimate of drug-likeness (QED) is 0.518. The van der Waals surface area contributed by atoms with Crippen LogP contribution in [0, 0.1) is 5.92 Å². The van der Waals surface area contributed by atoms with Crippen molar-refractivity contribution in [3.63, 3.8) is 0 Å². The van der Waals surface area contributed by atoms with Crippen molar-refractivity contribution in [2.45, 2.75) is 19.8 Å². The number of benzene rings is 1. The van der Waals surface area contributed by atoms with Crippen LogP contribution in [0.1, 0.15) is 19.8 Å². The molecule has 0 radical (unpaired) electrons. The van der Waals surface area contributed by atoms with E-state index in [4.69, 9.17) is 17.3 Å². The second kappa shape index (κ2) is 6.10. The van der Waals surface area contributed by atoms with Crippen LogP contribution in [0.3, 0.4) is 0 Å². The number of alkyl halides is 1. The highest BCUT2D eigenvalue weighted by atomic mass is 35.5. The van der Waals surface area contributed by atoms with E-state index in [1.807, 2.05) is 12.1 Å². The first-order valence-electron chi connectivity index (χ1n) is 6.43. The standard InChI is InChI=1S/C14H20ClN3/c1-11-3-2-8-18(10-11)13-6-4-12(5-7-13)17-14(16)9-15/h4-7,11H,2-3,8-10H2,1H3,(H2,16,17). The van der Waals surface area contributed by atoms with E-state index >= 15 is 0 Å². The van der Waals surface area contributed by atoms with Gasteiger partial charge >= 0.3 is 0 Å². The number of halogens is 1. The molecule has 1 aromatic carbocycles. The van der Waals surface area contributed by atoms with Crippen LogP contribution in [0.4, 0.5) is 11.4 Å². The predicted octanol–water partition coefficient (Wildman–Crippen LogP) is 3.15. The number of rotatable bonds is 3. The van der Waals surface area contributed by atoms with Gasteiger partial charge in [-0.05, 0) is 43.0 Å². The van der Waals surface area contributed by atoms with Crippen molar-refractivity contribution in [1.29, 1.82) is 0 Å². The Bertz CT molecular complexity index is 414. The minimum atomic E-state index is 0.269. The maximum absolute atomic E-state index is 5.61. The molecule has 0 aromatic heterocycles. The van der Waals surface area contributed by atoms with Gasteiger partial charge in [0.2, 0.25) is 0 Å². The zero-order chi connectivity index (χ0) is 13.0. The van der Waals surface area contributed by atoms with Crippen molar-refractivity contribution in [3.8, 4) is 0 Å². The van der Waals surface area contributed by atoms with Crippen molar-refractivity contribution >= 4 is 28.8 Å². The molecule has 1 aliphatic rings. The fourth-order valence-electron chi connectivity index (χ4n) is 2.36. The van der Waals surface area contributed by atoms with E-state index < -0.39 is 0 Å². The average molecular weight is 266 g/mol. The first-order chi connectivity index (χ1) is 8.69. The molecule has 1 unspecified atom stereocenters. The molecule has 0 saturated carbocycles. The summed E-state index contributed by atoms with van der Waals surface area (Å²) < 4.78 is 0. The molecule has 1 fully saturated rings. The first kappa shape index (κ1) is 13.2. The van der Waals surface area contributed by atoms with E-state index in [2.05, 4.69) is 28.9 Å². The molecule has 0 spiro atoms. The van der Waals surface area contributed by atoms with Crippen LogP contribution in [-0.2, 0) is 0 Å². The van der Waals surface area contributed by atoms with Crippen LogP contribution in [0.15, 0.2) is 29.3 Å². The highest BCUT2D eigenvalue weighted by Gasteiger charge is 2.16. The van der Waals surface area contributed by atoms with Crippen molar-refractivity contribution in [1.82, 2.24) is 0 Å². The minimum absolute atomic E-state index is 0.269. The van der Waals surface area contributed by atoms with Crippen molar-refractivity contribution in [2.75, 3.05) is 23.9 Å². The maximum Gasteiger partial charge on any atom is 0.115 e. The normalized spacial score (nSPS) is 21.1. The molecular weight excluding hydrogens is 246 g/mol. The van der Waals surface area contributed by atoms with Gasteiger partial charge < -0.3 is 10.6 Å². The number of anilines is 1. The third-order valence-electron chi connectivity index (χ3n) is 3.28. The zero-order valence-electron chi connectivity index (χ0n) is 10.8. The monoisotopic (exact) mass is 265 g/mol. The summed E-state index contributed by atoms with van der Waals surface area (Å²) in [5, 5.41) is 0. The lowest BCUT2D eigenvalue weighted by Gasteiger charge is -2.32. The summed E-state index contributed by atoms with van der Waals surface area (Å²) in [6, 6.07) is 8.21. The maximum atomic E-state index is 5.61. The fourth-order valence-corrected chi connectivity index (χ4v) is 2.42. The van der Waals surface area contributed by atoms with Crippen LogP contribution in [0.2, 0.25) is 0 Å². The molecule has 18 heavy (non-hydrogen) atoms.